The maximum atomic E-state index is 9.15. The van der Waals surface area contributed by atoms with Crippen LogP contribution in [-0.4, -0.2) is 42.0 Å². The smallest absolute Gasteiger partial charge is 0.0546 e. The first kappa shape index (κ1) is 12.3. The lowest BCUT2D eigenvalue weighted by atomic mass is 9.82. The molecule has 0 aliphatic heterocycles. The first-order chi connectivity index (χ1) is 6.72. The summed E-state index contributed by atoms with van der Waals surface area (Å²) < 4.78 is 0. The van der Waals surface area contributed by atoms with Crippen molar-refractivity contribution >= 4 is 12.6 Å². The van der Waals surface area contributed by atoms with Gasteiger partial charge in [0.15, 0.2) is 0 Å². The first-order valence-corrected chi connectivity index (χ1v) is 6.33. The van der Waals surface area contributed by atoms with Crippen LogP contribution in [0.15, 0.2) is 0 Å². The number of thiol groups is 1. The van der Waals surface area contributed by atoms with Crippen LogP contribution in [0.1, 0.15) is 32.1 Å². The topological polar surface area (TPSA) is 23.5 Å². The Balaban J connectivity index is 1.91. The zero-order valence-corrected chi connectivity index (χ0v) is 10.0. The van der Waals surface area contributed by atoms with E-state index in [2.05, 4.69) is 24.6 Å². The summed E-state index contributed by atoms with van der Waals surface area (Å²) in [5, 5.41) is 9.15. The molecule has 0 atom stereocenters. The number of hydrogen-bond acceptors (Lipinski definition) is 3. The molecule has 1 saturated carbocycles. The van der Waals surface area contributed by atoms with Crippen LogP contribution in [0.2, 0.25) is 0 Å². The second kappa shape index (κ2) is 6.70. The molecule has 0 aromatic heterocycles. The quantitative estimate of drug-likeness (QED) is 0.502. The summed E-state index contributed by atoms with van der Waals surface area (Å²) in [4.78, 5) is 2.40. The third kappa shape index (κ3) is 4.67. The Morgan fingerprint density at radius 2 is 2.00 bits per heavy atom. The normalized spacial score (nSPS) is 26.6. The van der Waals surface area contributed by atoms with Gasteiger partial charge in [0, 0.05) is 6.54 Å². The number of hydrogen-bond donors (Lipinski definition) is 2. The molecule has 0 aromatic carbocycles. The molecule has 0 spiro atoms. The molecule has 1 fully saturated rings. The van der Waals surface area contributed by atoms with Gasteiger partial charge in [-0.15, -0.1) is 0 Å². The van der Waals surface area contributed by atoms with Gasteiger partial charge in [-0.1, -0.05) is 6.42 Å². The molecule has 0 amide bonds. The van der Waals surface area contributed by atoms with Crippen LogP contribution in [-0.2, 0) is 0 Å². The highest BCUT2D eigenvalue weighted by atomic mass is 32.1. The highest BCUT2D eigenvalue weighted by Gasteiger charge is 2.27. The molecule has 0 heterocycles. The first-order valence-electron chi connectivity index (χ1n) is 5.70. The monoisotopic (exact) mass is 217 g/mol. The Morgan fingerprint density at radius 1 is 1.29 bits per heavy atom. The molecule has 0 aromatic rings. The van der Waals surface area contributed by atoms with E-state index in [1.54, 1.807) is 0 Å². The van der Waals surface area contributed by atoms with Crippen LogP contribution in [0.4, 0.5) is 0 Å². The molecule has 0 saturated heterocycles. The van der Waals surface area contributed by atoms with Gasteiger partial charge in [0.05, 0.1) is 6.10 Å². The lowest BCUT2D eigenvalue weighted by Gasteiger charge is -2.34. The highest BCUT2D eigenvalue weighted by molar-refractivity contribution is 7.80. The fourth-order valence-electron chi connectivity index (χ4n) is 2.05. The summed E-state index contributed by atoms with van der Waals surface area (Å²) in [7, 11) is 2.19. The molecule has 84 valence electrons. The number of aliphatic hydroxyl groups is 1. The Hall–Kier alpha value is 0.270. The minimum atomic E-state index is -0.00224. The van der Waals surface area contributed by atoms with Gasteiger partial charge in [0.25, 0.3) is 0 Å². The molecule has 1 rings (SSSR count). The fourth-order valence-corrected chi connectivity index (χ4v) is 2.28. The molecular weight excluding hydrogens is 194 g/mol. The second-order valence-corrected chi connectivity index (χ2v) is 4.98. The maximum absolute atomic E-state index is 9.15. The van der Waals surface area contributed by atoms with E-state index in [0.29, 0.717) is 0 Å². The van der Waals surface area contributed by atoms with Crippen molar-refractivity contribution in [3.8, 4) is 0 Å². The van der Waals surface area contributed by atoms with Crippen molar-refractivity contribution in [1.82, 2.24) is 4.90 Å². The van der Waals surface area contributed by atoms with Crippen molar-refractivity contribution in [3.63, 3.8) is 0 Å². The summed E-state index contributed by atoms with van der Waals surface area (Å²) in [6.07, 6.45) is 5.84. The molecule has 0 bridgehead atoms. The Morgan fingerprint density at radius 3 is 2.57 bits per heavy atom. The van der Waals surface area contributed by atoms with Crippen LogP contribution in [0.3, 0.4) is 0 Å². The predicted molar refractivity (Wildman–Crippen MR) is 63.9 cm³/mol. The summed E-state index contributed by atoms with van der Waals surface area (Å²) in [5.74, 6) is 1.76. The zero-order chi connectivity index (χ0) is 10.4. The van der Waals surface area contributed by atoms with Gasteiger partial charge in [-0.2, -0.15) is 12.6 Å². The third-order valence-corrected chi connectivity index (χ3v) is 3.29. The standard InChI is InChI=1S/C11H23NOS/c1-12(5-3-2-4-6-14)9-10-7-11(13)8-10/h10-11,13-14H,2-9H2,1H3. The minimum absolute atomic E-state index is 0.00224. The lowest BCUT2D eigenvalue weighted by Crippen LogP contribution is -2.37. The van der Waals surface area contributed by atoms with E-state index in [1.807, 2.05) is 0 Å². The average Bonchev–Trinajstić information content (AvgIpc) is 2.10. The minimum Gasteiger partial charge on any atom is -0.393 e. The molecule has 14 heavy (non-hydrogen) atoms. The Bertz CT molecular complexity index is 148. The fraction of sp³-hybridized carbons (Fsp3) is 1.00. The van der Waals surface area contributed by atoms with E-state index in [1.165, 1.54) is 25.8 Å². The Kier molecular flexibility index (Phi) is 5.90. The van der Waals surface area contributed by atoms with E-state index in [4.69, 9.17) is 5.11 Å². The summed E-state index contributed by atoms with van der Waals surface area (Å²) in [5.41, 5.74) is 0. The van der Waals surface area contributed by atoms with Crippen molar-refractivity contribution < 1.29 is 5.11 Å². The second-order valence-electron chi connectivity index (χ2n) is 4.54. The molecule has 2 nitrogen and oxygen atoms in total. The van der Waals surface area contributed by atoms with Gasteiger partial charge in [0.2, 0.25) is 0 Å². The van der Waals surface area contributed by atoms with E-state index in [9.17, 15) is 0 Å². The summed E-state index contributed by atoms with van der Waals surface area (Å²) >= 11 is 4.19. The molecule has 1 aliphatic rings. The van der Waals surface area contributed by atoms with E-state index in [-0.39, 0.29) is 6.10 Å². The van der Waals surface area contributed by atoms with E-state index in [0.717, 1.165) is 31.1 Å². The molecule has 1 N–H and O–H groups in total. The van der Waals surface area contributed by atoms with E-state index < -0.39 is 0 Å². The van der Waals surface area contributed by atoms with E-state index >= 15 is 0 Å². The predicted octanol–water partition coefficient (Wildman–Crippen LogP) is 1.79. The average molecular weight is 217 g/mol. The number of unbranched alkanes of at least 4 members (excludes halogenated alkanes) is 2. The SMILES string of the molecule is CN(CCCCCS)CC1CC(O)C1. The Labute approximate surface area is 93.1 Å². The lowest BCUT2D eigenvalue weighted by molar-refractivity contribution is 0.0282. The van der Waals surface area contributed by atoms with Crippen LogP contribution in [0.25, 0.3) is 0 Å². The molecular formula is C11H23NOS. The van der Waals surface area contributed by atoms with Crippen LogP contribution < -0.4 is 0 Å². The third-order valence-electron chi connectivity index (χ3n) is 2.98. The van der Waals surface area contributed by atoms with Crippen LogP contribution in [0, 0.1) is 5.92 Å². The van der Waals surface area contributed by atoms with Gasteiger partial charge in [-0.25, -0.2) is 0 Å². The molecule has 0 unspecified atom stereocenters. The van der Waals surface area contributed by atoms with Crippen molar-refractivity contribution in [2.24, 2.45) is 5.92 Å². The molecule has 0 radical (unpaired) electrons. The summed E-state index contributed by atoms with van der Waals surface area (Å²) in [6, 6.07) is 0. The molecule has 3 heteroatoms. The van der Waals surface area contributed by atoms with Gasteiger partial charge >= 0.3 is 0 Å². The van der Waals surface area contributed by atoms with Gasteiger partial charge in [0.1, 0.15) is 0 Å². The largest absolute Gasteiger partial charge is 0.393 e. The summed E-state index contributed by atoms with van der Waals surface area (Å²) in [6.45, 7) is 2.36. The highest BCUT2D eigenvalue weighted by Crippen LogP contribution is 2.27. The van der Waals surface area contributed by atoms with Gasteiger partial charge in [-0.05, 0) is 50.9 Å². The number of rotatable bonds is 7. The van der Waals surface area contributed by atoms with Crippen LogP contribution in [0.5, 0.6) is 0 Å². The number of aliphatic hydroxyl groups excluding tert-OH is 1. The van der Waals surface area contributed by atoms with Crippen molar-refractivity contribution in [1.29, 1.82) is 0 Å². The molecule has 1 aliphatic carbocycles. The van der Waals surface area contributed by atoms with Gasteiger partial charge < -0.3 is 10.0 Å². The van der Waals surface area contributed by atoms with Crippen molar-refractivity contribution in [3.05, 3.63) is 0 Å². The van der Waals surface area contributed by atoms with Gasteiger partial charge in [-0.3, -0.25) is 0 Å². The van der Waals surface area contributed by atoms with Crippen molar-refractivity contribution in [2.75, 3.05) is 25.9 Å². The maximum Gasteiger partial charge on any atom is 0.0546 e. The zero-order valence-electron chi connectivity index (χ0n) is 9.15. The van der Waals surface area contributed by atoms with Crippen LogP contribution >= 0.6 is 12.6 Å². The number of nitrogens with zero attached hydrogens (tertiary/aromatic N) is 1. The van der Waals surface area contributed by atoms with Crippen molar-refractivity contribution in [2.45, 2.75) is 38.2 Å².